The Morgan fingerprint density at radius 3 is 2.83 bits per heavy atom. The van der Waals surface area contributed by atoms with Gasteiger partial charge in [-0.3, -0.25) is 10.1 Å². The highest BCUT2D eigenvalue weighted by Gasteiger charge is 2.11. The van der Waals surface area contributed by atoms with Crippen molar-refractivity contribution in [3.05, 3.63) is 35.5 Å². The molecular formula is C12H13N3O2S. The van der Waals surface area contributed by atoms with Crippen LogP contribution in [0.3, 0.4) is 0 Å². The molecule has 0 saturated carbocycles. The van der Waals surface area contributed by atoms with Crippen LogP contribution >= 0.6 is 11.3 Å². The molecule has 0 unspecified atom stereocenters. The molecule has 0 saturated heterocycles. The minimum Gasteiger partial charge on any atom is -0.497 e. The van der Waals surface area contributed by atoms with E-state index in [-0.39, 0.29) is 5.91 Å². The first-order chi connectivity index (χ1) is 8.60. The summed E-state index contributed by atoms with van der Waals surface area (Å²) in [6, 6.07) is 5.28. The fourth-order valence-corrected chi connectivity index (χ4v) is 2.10. The van der Waals surface area contributed by atoms with Gasteiger partial charge in [0.05, 0.1) is 13.3 Å². The standard InChI is InChI=1S/C12H13N3O2S/c1-7-5-8(17-2)3-4-9(7)11(16)15-12-14-6-10(13)18-12/h3-6H,13H2,1-2H3,(H,14,15,16). The van der Waals surface area contributed by atoms with Crippen molar-refractivity contribution in [2.75, 3.05) is 18.2 Å². The van der Waals surface area contributed by atoms with Crippen LogP contribution < -0.4 is 15.8 Å². The van der Waals surface area contributed by atoms with Gasteiger partial charge in [0.25, 0.3) is 5.91 Å². The Morgan fingerprint density at radius 2 is 2.28 bits per heavy atom. The molecule has 6 heteroatoms. The molecule has 0 fully saturated rings. The van der Waals surface area contributed by atoms with Crippen LogP contribution in [0, 0.1) is 6.92 Å². The van der Waals surface area contributed by atoms with Gasteiger partial charge >= 0.3 is 0 Å². The predicted molar refractivity (Wildman–Crippen MR) is 72.2 cm³/mol. The number of hydrogen-bond acceptors (Lipinski definition) is 5. The van der Waals surface area contributed by atoms with Crippen molar-refractivity contribution in [2.24, 2.45) is 0 Å². The van der Waals surface area contributed by atoms with E-state index in [9.17, 15) is 4.79 Å². The van der Waals surface area contributed by atoms with Crippen LogP contribution in [0.15, 0.2) is 24.4 Å². The van der Waals surface area contributed by atoms with Crippen LogP contribution in [-0.4, -0.2) is 18.0 Å². The topological polar surface area (TPSA) is 77.2 Å². The van der Waals surface area contributed by atoms with Crippen LogP contribution in [-0.2, 0) is 0 Å². The fourth-order valence-electron chi connectivity index (χ4n) is 1.53. The number of nitrogens with zero attached hydrogens (tertiary/aromatic N) is 1. The third kappa shape index (κ3) is 2.60. The number of carbonyl (C=O) groups is 1. The molecule has 0 bridgehead atoms. The predicted octanol–water partition coefficient (Wildman–Crippen LogP) is 2.29. The van der Waals surface area contributed by atoms with E-state index in [1.54, 1.807) is 19.2 Å². The maximum absolute atomic E-state index is 12.0. The Labute approximate surface area is 109 Å². The van der Waals surface area contributed by atoms with Gasteiger partial charge in [0.1, 0.15) is 10.8 Å². The number of ether oxygens (including phenoxy) is 1. The van der Waals surface area contributed by atoms with Crippen molar-refractivity contribution in [2.45, 2.75) is 6.92 Å². The number of nitrogens with two attached hydrogens (primary N) is 1. The smallest absolute Gasteiger partial charge is 0.257 e. The van der Waals surface area contributed by atoms with Gasteiger partial charge in [-0.05, 0) is 30.7 Å². The molecule has 18 heavy (non-hydrogen) atoms. The summed E-state index contributed by atoms with van der Waals surface area (Å²) < 4.78 is 5.09. The lowest BCUT2D eigenvalue weighted by Crippen LogP contribution is -2.13. The number of aromatic nitrogens is 1. The molecule has 1 amide bonds. The summed E-state index contributed by atoms with van der Waals surface area (Å²) in [6.45, 7) is 1.85. The van der Waals surface area contributed by atoms with E-state index < -0.39 is 0 Å². The SMILES string of the molecule is COc1ccc(C(=O)Nc2ncc(N)s2)c(C)c1. The average molecular weight is 263 g/mol. The molecule has 0 spiro atoms. The molecule has 2 aromatic rings. The van der Waals surface area contributed by atoms with Gasteiger partial charge in [-0.2, -0.15) is 0 Å². The number of rotatable bonds is 3. The first-order valence-electron chi connectivity index (χ1n) is 5.27. The molecule has 0 radical (unpaired) electrons. The van der Waals surface area contributed by atoms with Gasteiger partial charge < -0.3 is 10.5 Å². The lowest BCUT2D eigenvalue weighted by Gasteiger charge is -2.07. The van der Waals surface area contributed by atoms with Gasteiger partial charge in [-0.15, -0.1) is 0 Å². The summed E-state index contributed by atoms with van der Waals surface area (Å²) in [4.78, 5) is 16.0. The minimum absolute atomic E-state index is 0.204. The number of nitrogen functional groups attached to an aromatic ring is 1. The molecule has 1 aromatic carbocycles. The van der Waals surface area contributed by atoms with Gasteiger partial charge in [-0.25, -0.2) is 4.98 Å². The molecule has 2 rings (SSSR count). The van der Waals surface area contributed by atoms with Gasteiger partial charge in [-0.1, -0.05) is 11.3 Å². The lowest BCUT2D eigenvalue weighted by atomic mass is 10.1. The van der Waals surface area contributed by atoms with Crippen molar-refractivity contribution in [3.63, 3.8) is 0 Å². The molecule has 94 valence electrons. The molecule has 1 heterocycles. The van der Waals surface area contributed by atoms with Crippen molar-refractivity contribution in [1.29, 1.82) is 0 Å². The first kappa shape index (κ1) is 12.4. The molecule has 0 aliphatic carbocycles. The summed E-state index contributed by atoms with van der Waals surface area (Å²) >= 11 is 1.23. The van der Waals surface area contributed by atoms with Gasteiger partial charge in [0.2, 0.25) is 0 Å². The number of methoxy groups -OCH3 is 1. The van der Waals surface area contributed by atoms with Crippen molar-refractivity contribution in [1.82, 2.24) is 4.98 Å². The number of nitrogens with one attached hydrogen (secondary N) is 1. The zero-order chi connectivity index (χ0) is 13.1. The van der Waals surface area contributed by atoms with E-state index in [1.807, 2.05) is 13.0 Å². The molecule has 3 N–H and O–H groups in total. The Bertz CT molecular complexity index is 580. The van der Waals surface area contributed by atoms with Crippen LogP contribution in [0.4, 0.5) is 10.1 Å². The second-order valence-electron chi connectivity index (χ2n) is 3.70. The molecule has 5 nitrogen and oxygen atoms in total. The number of thiazole rings is 1. The van der Waals surface area contributed by atoms with Crippen LogP contribution in [0.1, 0.15) is 15.9 Å². The van der Waals surface area contributed by atoms with Crippen molar-refractivity contribution < 1.29 is 9.53 Å². The maximum Gasteiger partial charge on any atom is 0.257 e. The summed E-state index contributed by atoms with van der Waals surface area (Å²) in [5.41, 5.74) is 6.98. The van der Waals surface area contributed by atoms with Crippen molar-refractivity contribution in [3.8, 4) is 5.75 Å². The number of hydrogen-bond donors (Lipinski definition) is 2. The Balaban J connectivity index is 2.18. The van der Waals surface area contributed by atoms with Crippen molar-refractivity contribution >= 4 is 27.4 Å². The average Bonchev–Trinajstić information content (AvgIpc) is 2.74. The number of anilines is 2. The Kier molecular flexibility index (Phi) is 3.47. The monoisotopic (exact) mass is 263 g/mol. The van der Waals surface area contributed by atoms with Gasteiger partial charge in [0, 0.05) is 5.56 Å². The summed E-state index contributed by atoms with van der Waals surface area (Å²) in [5.74, 6) is 0.520. The fraction of sp³-hybridized carbons (Fsp3) is 0.167. The highest BCUT2D eigenvalue weighted by molar-refractivity contribution is 7.19. The van der Waals surface area contributed by atoms with E-state index >= 15 is 0 Å². The van der Waals surface area contributed by atoms with Gasteiger partial charge in [0.15, 0.2) is 5.13 Å². The molecule has 0 aliphatic heterocycles. The Hall–Kier alpha value is -2.08. The maximum atomic E-state index is 12.0. The minimum atomic E-state index is -0.204. The van der Waals surface area contributed by atoms with E-state index in [0.717, 1.165) is 11.3 Å². The van der Waals surface area contributed by atoms with E-state index in [0.29, 0.717) is 15.7 Å². The zero-order valence-corrected chi connectivity index (χ0v) is 10.9. The third-order valence-electron chi connectivity index (χ3n) is 2.42. The van der Waals surface area contributed by atoms with Crippen LogP contribution in [0.25, 0.3) is 0 Å². The molecular weight excluding hydrogens is 250 g/mol. The first-order valence-corrected chi connectivity index (χ1v) is 6.09. The van der Waals surface area contributed by atoms with E-state index in [4.69, 9.17) is 10.5 Å². The molecule has 0 atom stereocenters. The second-order valence-corrected chi connectivity index (χ2v) is 4.76. The Morgan fingerprint density at radius 1 is 1.50 bits per heavy atom. The lowest BCUT2D eigenvalue weighted by molar-refractivity contribution is 0.102. The molecule has 0 aliphatic rings. The zero-order valence-electron chi connectivity index (χ0n) is 10.1. The summed E-state index contributed by atoms with van der Waals surface area (Å²) in [5, 5.41) is 3.76. The quantitative estimate of drug-likeness (QED) is 0.890. The number of carbonyl (C=O) groups excluding carboxylic acids is 1. The van der Waals surface area contributed by atoms with Crippen LogP contribution in [0.2, 0.25) is 0 Å². The van der Waals surface area contributed by atoms with Crippen LogP contribution in [0.5, 0.6) is 5.75 Å². The highest BCUT2D eigenvalue weighted by atomic mass is 32.1. The summed E-state index contributed by atoms with van der Waals surface area (Å²) in [6.07, 6.45) is 1.52. The number of aryl methyl sites for hydroxylation is 1. The van der Waals surface area contributed by atoms with E-state index in [2.05, 4.69) is 10.3 Å². The molecule has 1 aromatic heterocycles. The second kappa shape index (κ2) is 5.05. The number of amides is 1. The third-order valence-corrected chi connectivity index (χ3v) is 3.16. The summed E-state index contributed by atoms with van der Waals surface area (Å²) in [7, 11) is 1.59. The largest absolute Gasteiger partial charge is 0.497 e. The number of benzene rings is 1. The highest BCUT2D eigenvalue weighted by Crippen LogP contribution is 2.22. The van der Waals surface area contributed by atoms with E-state index in [1.165, 1.54) is 17.5 Å². The normalized spacial score (nSPS) is 10.1.